The molecule has 1 aliphatic rings. The lowest BCUT2D eigenvalue weighted by Crippen LogP contribution is -2.06. The van der Waals surface area contributed by atoms with Gasteiger partial charge in [-0.3, -0.25) is 9.59 Å². The van der Waals surface area contributed by atoms with Crippen LogP contribution >= 0.6 is 0 Å². The van der Waals surface area contributed by atoms with Crippen LogP contribution in [-0.2, 0) is 14.3 Å². The van der Waals surface area contributed by atoms with Crippen LogP contribution in [0.25, 0.3) is 0 Å². The van der Waals surface area contributed by atoms with E-state index in [0.717, 1.165) is 19.3 Å². The van der Waals surface area contributed by atoms with Crippen molar-refractivity contribution in [3.63, 3.8) is 0 Å². The van der Waals surface area contributed by atoms with Gasteiger partial charge in [-0.15, -0.1) is 0 Å². The van der Waals surface area contributed by atoms with Gasteiger partial charge < -0.3 is 4.74 Å². The monoisotopic (exact) mass is 198 g/mol. The number of ether oxygens (including phenoxy) is 1. The number of hydrogen-bond donors (Lipinski definition) is 0. The molecule has 0 radical (unpaired) electrons. The summed E-state index contributed by atoms with van der Waals surface area (Å²) in [4.78, 5) is 21.8. The second-order valence-electron chi connectivity index (χ2n) is 3.90. The molecule has 0 saturated carbocycles. The van der Waals surface area contributed by atoms with Gasteiger partial charge in [-0.2, -0.15) is 0 Å². The Balaban J connectivity index is 2.07. The van der Waals surface area contributed by atoms with Crippen molar-refractivity contribution in [2.24, 2.45) is 5.92 Å². The number of cyclic esters (lactones) is 2. The van der Waals surface area contributed by atoms with Gasteiger partial charge in [0.1, 0.15) is 0 Å². The van der Waals surface area contributed by atoms with Crippen LogP contribution in [0, 0.1) is 5.92 Å². The maximum atomic E-state index is 11.1. The molecule has 0 aromatic rings. The van der Waals surface area contributed by atoms with Crippen LogP contribution in [0.1, 0.15) is 51.9 Å². The van der Waals surface area contributed by atoms with Gasteiger partial charge in [0.15, 0.2) is 0 Å². The van der Waals surface area contributed by atoms with Gasteiger partial charge in [-0.25, -0.2) is 0 Å². The fraction of sp³-hybridized carbons (Fsp3) is 0.818. The van der Waals surface area contributed by atoms with Crippen molar-refractivity contribution >= 4 is 11.9 Å². The molecule has 0 aromatic carbocycles. The normalized spacial score (nSPS) is 21.4. The molecule has 1 aliphatic heterocycles. The quantitative estimate of drug-likeness (QED) is 0.374. The third kappa shape index (κ3) is 3.48. The molecule has 0 spiro atoms. The fourth-order valence-corrected chi connectivity index (χ4v) is 1.74. The summed E-state index contributed by atoms with van der Waals surface area (Å²) in [5, 5.41) is 0. The molecule has 80 valence electrons. The predicted octanol–water partition coefficient (Wildman–Crippen LogP) is 2.44. The molecule has 1 saturated heterocycles. The van der Waals surface area contributed by atoms with E-state index in [4.69, 9.17) is 0 Å². The van der Waals surface area contributed by atoms with Crippen molar-refractivity contribution in [2.75, 3.05) is 0 Å². The topological polar surface area (TPSA) is 43.4 Å². The first-order valence-corrected chi connectivity index (χ1v) is 5.48. The molecule has 0 amide bonds. The Labute approximate surface area is 84.8 Å². The zero-order valence-electron chi connectivity index (χ0n) is 8.75. The third-order valence-electron chi connectivity index (χ3n) is 2.62. The smallest absolute Gasteiger partial charge is 0.317 e. The first-order chi connectivity index (χ1) is 6.74. The van der Waals surface area contributed by atoms with Gasteiger partial charge in [0.25, 0.3) is 0 Å². The van der Waals surface area contributed by atoms with E-state index < -0.39 is 0 Å². The highest BCUT2D eigenvalue weighted by Gasteiger charge is 2.32. The Kier molecular flexibility index (Phi) is 4.63. The molecule has 0 bridgehead atoms. The Bertz CT molecular complexity index is 211. The third-order valence-corrected chi connectivity index (χ3v) is 2.62. The van der Waals surface area contributed by atoms with Crippen molar-refractivity contribution in [2.45, 2.75) is 51.9 Å². The summed E-state index contributed by atoms with van der Waals surface area (Å²) >= 11 is 0. The molecule has 1 heterocycles. The van der Waals surface area contributed by atoms with E-state index in [0.29, 0.717) is 6.42 Å². The Hall–Kier alpha value is -0.860. The van der Waals surface area contributed by atoms with Gasteiger partial charge >= 0.3 is 11.9 Å². The standard InChI is InChI=1S/C11H18O3/c1-2-3-4-5-6-7-9-8-10(12)14-11(9)13/h9H,2-8H2,1H3. The van der Waals surface area contributed by atoms with E-state index in [-0.39, 0.29) is 17.9 Å². The number of unbranched alkanes of at least 4 members (excludes halogenated alkanes) is 4. The highest BCUT2D eigenvalue weighted by Crippen LogP contribution is 2.22. The van der Waals surface area contributed by atoms with Crippen molar-refractivity contribution in [1.29, 1.82) is 0 Å². The van der Waals surface area contributed by atoms with Gasteiger partial charge in [-0.1, -0.05) is 39.0 Å². The van der Waals surface area contributed by atoms with Crippen LogP contribution in [0.5, 0.6) is 0 Å². The predicted molar refractivity (Wildman–Crippen MR) is 52.6 cm³/mol. The molecule has 0 N–H and O–H groups in total. The number of hydrogen-bond acceptors (Lipinski definition) is 3. The Morgan fingerprint density at radius 1 is 1.21 bits per heavy atom. The minimum absolute atomic E-state index is 0.149. The van der Waals surface area contributed by atoms with Crippen LogP contribution in [0.15, 0.2) is 0 Å². The molecule has 14 heavy (non-hydrogen) atoms. The number of carbonyl (C=O) groups is 2. The van der Waals surface area contributed by atoms with E-state index in [1.54, 1.807) is 0 Å². The van der Waals surface area contributed by atoms with Gasteiger partial charge in [-0.05, 0) is 6.42 Å². The molecule has 1 unspecified atom stereocenters. The maximum Gasteiger partial charge on any atom is 0.317 e. The highest BCUT2D eigenvalue weighted by molar-refractivity contribution is 5.94. The average molecular weight is 198 g/mol. The highest BCUT2D eigenvalue weighted by atomic mass is 16.6. The lowest BCUT2D eigenvalue weighted by molar-refractivity contribution is -0.153. The molecule has 1 fully saturated rings. The first kappa shape index (κ1) is 11.2. The lowest BCUT2D eigenvalue weighted by Gasteiger charge is -2.03. The van der Waals surface area contributed by atoms with E-state index in [9.17, 15) is 9.59 Å². The summed E-state index contributed by atoms with van der Waals surface area (Å²) in [6.45, 7) is 2.17. The van der Waals surface area contributed by atoms with Crippen LogP contribution < -0.4 is 0 Å². The minimum Gasteiger partial charge on any atom is -0.393 e. The zero-order valence-corrected chi connectivity index (χ0v) is 8.75. The lowest BCUT2D eigenvalue weighted by atomic mass is 9.99. The fourth-order valence-electron chi connectivity index (χ4n) is 1.74. The summed E-state index contributed by atoms with van der Waals surface area (Å²) in [5.74, 6) is -0.817. The summed E-state index contributed by atoms with van der Waals surface area (Å²) in [6.07, 6.45) is 7.02. The van der Waals surface area contributed by atoms with Crippen molar-refractivity contribution in [3.05, 3.63) is 0 Å². The second kappa shape index (κ2) is 5.78. The van der Waals surface area contributed by atoms with Crippen LogP contribution in [-0.4, -0.2) is 11.9 Å². The van der Waals surface area contributed by atoms with Crippen molar-refractivity contribution < 1.29 is 14.3 Å². The molecule has 3 nitrogen and oxygen atoms in total. The Morgan fingerprint density at radius 2 is 1.93 bits per heavy atom. The first-order valence-electron chi connectivity index (χ1n) is 5.48. The summed E-state index contributed by atoms with van der Waals surface area (Å²) in [6, 6.07) is 0. The molecule has 0 aliphatic carbocycles. The molecular formula is C11H18O3. The number of esters is 2. The van der Waals surface area contributed by atoms with E-state index in [1.807, 2.05) is 0 Å². The minimum atomic E-state index is -0.353. The van der Waals surface area contributed by atoms with Gasteiger partial charge in [0, 0.05) is 0 Å². The second-order valence-corrected chi connectivity index (χ2v) is 3.90. The number of rotatable bonds is 6. The van der Waals surface area contributed by atoms with Crippen LogP contribution in [0.2, 0.25) is 0 Å². The van der Waals surface area contributed by atoms with E-state index in [1.165, 1.54) is 19.3 Å². The SMILES string of the molecule is CCCCCCCC1CC(=O)OC1=O. The van der Waals surface area contributed by atoms with Gasteiger partial charge in [0.05, 0.1) is 12.3 Å². The van der Waals surface area contributed by atoms with Crippen LogP contribution in [0.4, 0.5) is 0 Å². The number of carbonyl (C=O) groups excluding carboxylic acids is 2. The zero-order chi connectivity index (χ0) is 10.4. The summed E-state index contributed by atoms with van der Waals surface area (Å²) in [5.41, 5.74) is 0. The maximum absolute atomic E-state index is 11.1. The average Bonchev–Trinajstić information content (AvgIpc) is 2.45. The molecule has 1 atom stereocenters. The molecule has 0 aromatic heterocycles. The van der Waals surface area contributed by atoms with Crippen molar-refractivity contribution in [1.82, 2.24) is 0 Å². The summed E-state index contributed by atoms with van der Waals surface area (Å²) in [7, 11) is 0. The molecule has 1 rings (SSSR count). The van der Waals surface area contributed by atoms with Crippen LogP contribution in [0.3, 0.4) is 0 Å². The molecular weight excluding hydrogens is 180 g/mol. The van der Waals surface area contributed by atoms with E-state index >= 15 is 0 Å². The Morgan fingerprint density at radius 3 is 2.50 bits per heavy atom. The molecule has 3 heteroatoms. The van der Waals surface area contributed by atoms with E-state index in [2.05, 4.69) is 11.7 Å². The van der Waals surface area contributed by atoms with Crippen molar-refractivity contribution in [3.8, 4) is 0 Å². The largest absolute Gasteiger partial charge is 0.393 e. The summed E-state index contributed by atoms with van der Waals surface area (Å²) < 4.78 is 4.47. The van der Waals surface area contributed by atoms with Gasteiger partial charge in [0.2, 0.25) is 0 Å².